The molecule has 0 bridgehead atoms. The van der Waals surface area contributed by atoms with Gasteiger partial charge in [0, 0.05) is 6.54 Å². The van der Waals surface area contributed by atoms with Gasteiger partial charge in [-0.2, -0.15) is 0 Å². The first-order valence-corrected chi connectivity index (χ1v) is 12.6. The van der Waals surface area contributed by atoms with Crippen molar-refractivity contribution in [3.8, 4) is 5.75 Å². The number of benzene rings is 2. The Bertz CT molecular complexity index is 1020. The number of aryl methyl sites for hydroxylation is 2. The fourth-order valence-electron chi connectivity index (χ4n) is 3.56. The minimum Gasteiger partial charge on any atom is -0.495 e. The smallest absolute Gasteiger partial charge is 0.244 e. The molecule has 0 saturated carbocycles. The van der Waals surface area contributed by atoms with Crippen LogP contribution in [-0.4, -0.2) is 33.7 Å². The zero-order valence-corrected chi connectivity index (χ0v) is 20.3. The zero-order valence-electron chi connectivity index (χ0n) is 18.7. The van der Waals surface area contributed by atoms with Gasteiger partial charge in [-0.25, -0.2) is 8.42 Å². The summed E-state index contributed by atoms with van der Waals surface area (Å²) in [5.41, 5.74) is 3.72. The average Bonchev–Trinajstić information content (AvgIpc) is 2.74. The van der Waals surface area contributed by atoms with Crippen molar-refractivity contribution in [1.29, 1.82) is 0 Å². The van der Waals surface area contributed by atoms with E-state index in [0.29, 0.717) is 24.4 Å². The van der Waals surface area contributed by atoms with E-state index in [9.17, 15) is 13.2 Å². The standard InChI is InChI=1S/C23H31ClN2O4S/c1-6-16-9-10-17(7-2)18(13-16)15-25-23(27)21(8-3)26(31(5,28)29)19-11-12-22(30-4)20(24)14-19/h9-14,21H,6-8,15H2,1-5H3,(H,25,27)/t21-/m0/s1. The number of nitrogens with zero attached hydrogens (tertiary/aromatic N) is 1. The highest BCUT2D eigenvalue weighted by Crippen LogP contribution is 2.31. The van der Waals surface area contributed by atoms with E-state index in [1.54, 1.807) is 19.1 Å². The van der Waals surface area contributed by atoms with Gasteiger partial charge in [0.05, 0.1) is 24.1 Å². The lowest BCUT2D eigenvalue weighted by atomic mass is 10.0. The number of carbonyl (C=O) groups excluding carboxylic acids is 1. The van der Waals surface area contributed by atoms with Crippen LogP contribution in [0.5, 0.6) is 5.75 Å². The van der Waals surface area contributed by atoms with Crippen LogP contribution in [0.15, 0.2) is 36.4 Å². The van der Waals surface area contributed by atoms with E-state index in [1.807, 2.05) is 0 Å². The number of halogens is 1. The Balaban J connectivity index is 2.32. The molecule has 2 rings (SSSR count). The third kappa shape index (κ3) is 6.14. The molecule has 0 aliphatic heterocycles. The molecule has 170 valence electrons. The summed E-state index contributed by atoms with van der Waals surface area (Å²) in [4.78, 5) is 13.1. The molecule has 0 aromatic heterocycles. The van der Waals surface area contributed by atoms with Gasteiger partial charge in [-0.05, 0) is 54.2 Å². The summed E-state index contributed by atoms with van der Waals surface area (Å²) in [6, 6.07) is 10.0. The SMILES string of the molecule is CCc1ccc(CC)c(CNC(=O)[C@H](CC)N(c2ccc(OC)c(Cl)c2)S(C)(=O)=O)c1. The van der Waals surface area contributed by atoms with Gasteiger partial charge in [-0.1, -0.05) is 50.6 Å². The number of carbonyl (C=O) groups is 1. The lowest BCUT2D eigenvalue weighted by Crippen LogP contribution is -2.49. The number of nitrogens with one attached hydrogen (secondary N) is 1. The Labute approximate surface area is 190 Å². The molecular formula is C23H31ClN2O4S. The fourth-order valence-corrected chi connectivity index (χ4v) is 5.02. The van der Waals surface area contributed by atoms with Gasteiger partial charge in [0.15, 0.2) is 0 Å². The maximum absolute atomic E-state index is 13.1. The highest BCUT2D eigenvalue weighted by molar-refractivity contribution is 7.92. The molecule has 2 aromatic carbocycles. The highest BCUT2D eigenvalue weighted by atomic mass is 35.5. The molecule has 1 atom stereocenters. The summed E-state index contributed by atoms with van der Waals surface area (Å²) in [6.45, 7) is 6.27. The summed E-state index contributed by atoms with van der Waals surface area (Å²) in [5, 5.41) is 3.20. The van der Waals surface area contributed by atoms with Crippen LogP contribution in [0.25, 0.3) is 0 Å². The molecular weight excluding hydrogens is 436 g/mol. The van der Waals surface area contributed by atoms with Crippen LogP contribution in [-0.2, 0) is 34.2 Å². The van der Waals surface area contributed by atoms with Crippen molar-refractivity contribution in [3.05, 3.63) is 58.1 Å². The van der Waals surface area contributed by atoms with Crippen molar-refractivity contribution in [1.82, 2.24) is 5.32 Å². The van der Waals surface area contributed by atoms with Crippen molar-refractivity contribution in [2.45, 2.75) is 52.6 Å². The Morgan fingerprint density at radius 1 is 1.10 bits per heavy atom. The third-order valence-electron chi connectivity index (χ3n) is 5.23. The second kappa shape index (κ2) is 10.9. The Hall–Kier alpha value is -2.25. The van der Waals surface area contributed by atoms with Crippen LogP contribution < -0.4 is 14.4 Å². The van der Waals surface area contributed by atoms with Gasteiger partial charge in [0.1, 0.15) is 11.8 Å². The quantitative estimate of drug-likeness (QED) is 0.565. The van der Waals surface area contributed by atoms with E-state index >= 15 is 0 Å². The van der Waals surface area contributed by atoms with E-state index in [0.717, 1.165) is 34.5 Å². The molecule has 0 fully saturated rings. The first kappa shape index (κ1) is 25.0. The molecule has 0 aliphatic rings. The van der Waals surface area contributed by atoms with E-state index in [-0.39, 0.29) is 10.9 Å². The number of methoxy groups -OCH3 is 1. The van der Waals surface area contributed by atoms with Crippen molar-refractivity contribution in [2.75, 3.05) is 17.7 Å². The monoisotopic (exact) mass is 466 g/mol. The predicted molar refractivity (Wildman–Crippen MR) is 126 cm³/mol. The number of rotatable bonds is 10. The van der Waals surface area contributed by atoms with E-state index in [1.165, 1.54) is 18.7 Å². The lowest BCUT2D eigenvalue weighted by molar-refractivity contribution is -0.122. The number of anilines is 1. The maximum Gasteiger partial charge on any atom is 0.244 e. The molecule has 31 heavy (non-hydrogen) atoms. The van der Waals surface area contributed by atoms with Gasteiger partial charge in [-0.15, -0.1) is 0 Å². The maximum atomic E-state index is 13.1. The minimum absolute atomic E-state index is 0.271. The molecule has 0 heterocycles. The van der Waals surface area contributed by atoms with E-state index in [4.69, 9.17) is 16.3 Å². The van der Waals surface area contributed by atoms with E-state index in [2.05, 4.69) is 37.4 Å². The van der Waals surface area contributed by atoms with Crippen molar-refractivity contribution >= 4 is 33.2 Å². The number of ether oxygens (including phenoxy) is 1. The number of hydrogen-bond donors (Lipinski definition) is 1. The molecule has 0 saturated heterocycles. The van der Waals surface area contributed by atoms with Gasteiger partial charge in [0.25, 0.3) is 0 Å². The number of sulfonamides is 1. The third-order valence-corrected chi connectivity index (χ3v) is 6.71. The van der Waals surface area contributed by atoms with Gasteiger partial charge < -0.3 is 10.1 Å². The Morgan fingerprint density at radius 2 is 1.81 bits per heavy atom. The average molecular weight is 467 g/mol. The molecule has 1 N–H and O–H groups in total. The largest absolute Gasteiger partial charge is 0.495 e. The van der Waals surface area contributed by atoms with Crippen LogP contribution in [0.4, 0.5) is 5.69 Å². The normalized spacial score (nSPS) is 12.3. The summed E-state index contributed by atoms with van der Waals surface area (Å²) < 4.78 is 31.5. The molecule has 6 nitrogen and oxygen atoms in total. The van der Waals surface area contributed by atoms with E-state index < -0.39 is 16.1 Å². The molecule has 0 unspecified atom stereocenters. The highest BCUT2D eigenvalue weighted by Gasteiger charge is 2.31. The number of hydrogen-bond acceptors (Lipinski definition) is 4. The zero-order chi connectivity index (χ0) is 23.2. The van der Waals surface area contributed by atoms with Crippen LogP contribution in [0.3, 0.4) is 0 Å². The topological polar surface area (TPSA) is 75.7 Å². The van der Waals surface area contributed by atoms with Crippen molar-refractivity contribution < 1.29 is 17.9 Å². The first-order valence-electron chi connectivity index (χ1n) is 10.4. The van der Waals surface area contributed by atoms with Crippen LogP contribution >= 0.6 is 11.6 Å². The first-order chi connectivity index (χ1) is 14.7. The number of amides is 1. The molecule has 0 spiro atoms. The fraction of sp³-hybridized carbons (Fsp3) is 0.435. The lowest BCUT2D eigenvalue weighted by Gasteiger charge is -2.30. The molecule has 0 radical (unpaired) electrons. The van der Waals surface area contributed by atoms with Gasteiger partial charge in [-0.3, -0.25) is 9.10 Å². The second-order valence-electron chi connectivity index (χ2n) is 7.33. The predicted octanol–water partition coefficient (Wildman–Crippen LogP) is 4.33. The molecule has 8 heteroatoms. The van der Waals surface area contributed by atoms with Gasteiger partial charge in [0.2, 0.25) is 15.9 Å². The molecule has 2 aromatic rings. The summed E-state index contributed by atoms with van der Waals surface area (Å²) in [5.74, 6) is 0.0723. The summed E-state index contributed by atoms with van der Waals surface area (Å²) in [6.07, 6.45) is 3.15. The summed E-state index contributed by atoms with van der Waals surface area (Å²) in [7, 11) is -2.26. The van der Waals surface area contributed by atoms with Crippen LogP contribution in [0, 0.1) is 0 Å². The van der Waals surface area contributed by atoms with Crippen LogP contribution in [0.1, 0.15) is 43.9 Å². The van der Waals surface area contributed by atoms with Gasteiger partial charge >= 0.3 is 0 Å². The second-order valence-corrected chi connectivity index (χ2v) is 9.60. The van der Waals surface area contributed by atoms with Crippen molar-refractivity contribution in [3.63, 3.8) is 0 Å². The Kier molecular flexibility index (Phi) is 8.77. The summed E-state index contributed by atoms with van der Waals surface area (Å²) >= 11 is 6.21. The Morgan fingerprint density at radius 3 is 2.32 bits per heavy atom. The van der Waals surface area contributed by atoms with Crippen molar-refractivity contribution in [2.24, 2.45) is 0 Å². The van der Waals surface area contributed by atoms with Crippen LogP contribution in [0.2, 0.25) is 5.02 Å². The molecule has 1 amide bonds. The molecule has 0 aliphatic carbocycles. The minimum atomic E-state index is -3.74.